The molecule has 0 amide bonds. The van der Waals surface area contributed by atoms with E-state index in [-0.39, 0.29) is 24.9 Å². The number of carbonyl (C=O) groups is 1. The number of nitrogens with zero attached hydrogens (tertiary/aromatic N) is 1. The van der Waals surface area contributed by atoms with Crippen LogP contribution in [0.5, 0.6) is 0 Å². The highest BCUT2D eigenvalue weighted by Crippen LogP contribution is 2.08. The first-order valence-corrected chi connectivity index (χ1v) is 3.99. The van der Waals surface area contributed by atoms with Crippen molar-refractivity contribution in [3.05, 3.63) is 18.2 Å². The minimum atomic E-state index is -0.952. The quantitative estimate of drug-likeness (QED) is 0.778. The van der Waals surface area contributed by atoms with E-state index in [1.54, 1.807) is 12.4 Å². The topological polar surface area (TPSA) is 75.2 Å². The van der Waals surface area contributed by atoms with Crippen molar-refractivity contribution in [3.63, 3.8) is 0 Å². The van der Waals surface area contributed by atoms with Crippen LogP contribution in [-0.4, -0.2) is 34.3 Å². The second kappa shape index (κ2) is 6.39. The zero-order chi connectivity index (χ0) is 9.68. The van der Waals surface area contributed by atoms with E-state index in [9.17, 15) is 4.79 Å². The molecule has 0 bridgehead atoms. The van der Waals surface area contributed by atoms with E-state index in [0.29, 0.717) is 6.61 Å². The summed E-state index contributed by atoms with van der Waals surface area (Å²) < 4.78 is 4.92. The van der Waals surface area contributed by atoms with Crippen LogP contribution in [0.4, 0.5) is 0 Å². The molecule has 0 saturated heterocycles. The van der Waals surface area contributed by atoms with E-state index in [2.05, 4.69) is 9.97 Å². The highest BCUT2D eigenvalue weighted by Gasteiger charge is 2.08. The first kappa shape index (κ1) is 12.9. The lowest BCUT2D eigenvalue weighted by atomic mass is 10.2. The standard InChI is InChI=1S/C8H12N2O3.ClH/c1-6(4-13-5-7(11)12)8-9-2-3-10-8;/h2-3,6H,4-5H2,1H3,(H,9,10)(H,11,12);1H/t6-;/m1./s1. The summed E-state index contributed by atoms with van der Waals surface area (Å²) in [6.07, 6.45) is 3.38. The summed E-state index contributed by atoms with van der Waals surface area (Å²) in [6.45, 7) is 2.02. The van der Waals surface area contributed by atoms with E-state index < -0.39 is 5.97 Å². The van der Waals surface area contributed by atoms with Crippen molar-refractivity contribution in [2.24, 2.45) is 0 Å². The number of imidazole rings is 1. The molecular weight excluding hydrogens is 208 g/mol. The zero-order valence-corrected chi connectivity index (χ0v) is 8.58. The Morgan fingerprint density at radius 1 is 1.79 bits per heavy atom. The van der Waals surface area contributed by atoms with Crippen LogP contribution in [0.2, 0.25) is 0 Å². The van der Waals surface area contributed by atoms with Crippen molar-refractivity contribution in [2.75, 3.05) is 13.2 Å². The summed E-state index contributed by atoms with van der Waals surface area (Å²) in [5.74, 6) is -0.0496. The molecule has 2 N–H and O–H groups in total. The van der Waals surface area contributed by atoms with Crippen molar-refractivity contribution in [1.82, 2.24) is 9.97 Å². The van der Waals surface area contributed by atoms with Crippen LogP contribution in [0.3, 0.4) is 0 Å². The third-order valence-electron chi connectivity index (χ3n) is 1.58. The van der Waals surface area contributed by atoms with Gasteiger partial charge in [0.2, 0.25) is 0 Å². The zero-order valence-electron chi connectivity index (χ0n) is 7.77. The van der Waals surface area contributed by atoms with Crippen LogP contribution in [0.1, 0.15) is 18.7 Å². The van der Waals surface area contributed by atoms with E-state index in [4.69, 9.17) is 9.84 Å². The number of nitrogens with one attached hydrogen (secondary N) is 1. The molecule has 1 heterocycles. The summed E-state index contributed by atoms with van der Waals surface area (Å²) in [5.41, 5.74) is 0. The number of hydrogen-bond acceptors (Lipinski definition) is 3. The number of hydrogen-bond donors (Lipinski definition) is 2. The average Bonchev–Trinajstić information content (AvgIpc) is 2.55. The normalized spacial score (nSPS) is 11.8. The molecular formula is C8H13ClN2O3. The molecule has 14 heavy (non-hydrogen) atoms. The van der Waals surface area contributed by atoms with Crippen LogP contribution in [0.15, 0.2) is 12.4 Å². The Morgan fingerprint density at radius 3 is 3.00 bits per heavy atom. The van der Waals surface area contributed by atoms with Crippen LogP contribution >= 0.6 is 12.4 Å². The average molecular weight is 221 g/mol. The summed E-state index contributed by atoms with van der Waals surface area (Å²) in [4.78, 5) is 17.1. The van der Waals surface area contributed by atoms with E-state index in [0.717, 1.165) is 5.82 Å². The Labute approximate surface area is 87.9 Å². The largest absolute Gasteiger partial charge is 0.480 e. The summed E-state index contributed by atoms with van der Waals surface area (Å²) >= 11 is 0. The molecule has 1 rings (SSSR count). The van der Waals surface area contributed by atoms with Crippen LogP contribution in [0, 0.1) is 0 Å². The number of aromatic amines is 1. The maximum absolute atomic E-state index is 10.1. The summed E-state index contributed by atoms with van der Waals surface area (Å²) in [5, 5.41) is 8.31. The van der Waals surface area contributed by atoms with Gasteiger partial charge in [0.25, 0.3) is 0 Å². The van der Waals surface area contributed by atoms with Gasteiger partial charge in [-0.2, -0.15) is 0 Å². The fourth-order valence-electron chi connectivity index (χ4n) is 0.949. The molecule has 0 radical (unpaired) electrons. The molecule has 6 heteroatoms. The molecule has 1 atom stereocenters. The van der Waals surface area contributed by atoms with Gasteiger partial charge in [0.05, 0.1) is 6.61 Å². The molecule has 0 aliphatic carbocycles. The molecule has 0 aliphatic rings. The van der Waals surface area contributed by atoms with Crippen molar-refractivity contribution in [1.29, 1.82) is 0 Å². The molecule has 0 aliphatic heterocycles. The highest BCUT2D eigenvalue weighted by molar-refractivity contribution is 5.85. The summed E-state index contributed by atoms with van der Waals surface area (Å²) in [7, 11) is 0. The van der Waals surface area contributed by atoms with Gasteiger partial charge in [-0.05, 0) is 0 Å². The fraction of sp³-hybridized carbons (Fsp3) is 0.500. The third kappa shape index (κ3) is 4.25. The van der Waals surface area contributed by atoms with Crippen molar-refractivity contribution >= 4 is 18.4 Å². The smallest absolute Gasteiger partial charge is 0.329 e. The van der Waals surface area contributed by atoms with Gasteiger partial charge in [-0.1, -0.05) is 6.92 Å². The summed E-state index contributed by atoms with van der Waals surface area (Å²) in [6, 6.07) is 0. The molecule has 0 unspecified atom stereocenters. The number of aliphatic carboxylic acids is 1. The first-order valence-electron chi connectivity index (χ1n) is 3.99. The molecule has 1 aromatic heterocycles. The number of carboxylic acid groups (broad SMARTS) is 1. The monoisotopic (exact) mass is 220 g/mol. The van der Waals surface area contributed by atoms with Gasteiger partial charge in [0.15, 0.2) is 0 Å². The Hall–Kier alpha value is -1.07. The van der Waals surface area contributed by atoms with Gasteiger partial charge < -0.3 is 14.8 Å². The van der Waals surface area contributed by atoms with Gasteiger partial charge in [-0.3, -0.25) is 0 Å². The number of aromatic nitrogens is 2. The second-order valence-corrected chi connectivity index (χ2v) is 2.78. The third-order valence-corrected chi connectivity index (χ3v) is 1.58. The van der Waals surface area contributed by atoms with Gasteiger partial charge in [-0.15, -0.1) is 12.4 Å². The Bertz CT molecular complexity index is 264. The maximum Gasteiger partial charge on any atom is 0.329 e. The first-order chi connectivity index (χ1) is 6.20. The Morgan fingerprint density at radius 2 is 2.50 bits per heavy atom. The van der Waals surface area contributed by atoms with E-state index in [1.807, 2.05) is 6.92 Å². The molecule has 0 aromatic carbocycles. The second-order valence-electron chi connectivity index (χ2n) is 2.78. The lowest BCUT2D eigenvalue weighted by Crippen LogP contribution is -2.12. The number of rotatable bonds is 5. The van der Waals surface area contributed by atoms with Crippen molar-refractivity contribution < 1.29 is 14.6 Å². The van der Waals surface area contributed by atoms with Gasteiger partial charge in [0, 0.05) is 18.3 Å². The number of halogens is 1. The predicted molar refractivity (Wildman–Crippen MR) is 52.7 cm³/mol. The maximum atomic E-state index is 10.1. The minimum absolute atomic E-state index is 0. The van der Waals surface area contributed by atoms with E-state index in [1.165, 1.54) is 0 Å². The van der Waals surface area contributed by atoms with Gasteiger partial charge in [0.1, 0.15) is 12.4 Å². The Balaban J connectivity index is 0.00000169. The number of carboxylic acids is 1. The SMILES string of the molecule is C[C@H](COCC(=O)O)c1ncc[nH]1.Cl. The van der Waals surface area contributed by atoms with Crippen LogP contribution in [-0.2, 0) is 9.53 Å². The molecule has 0 saturated carbocycles. The Kier molecular flexibility index (Phi) is 5.91. The molecule has 5 nitrogen and oxygen atoms in total. The highest BCUT2D eigenvalue weighted by atomic mass is 35.5. The molecule has 0 fully saturated rings. The lowest BCUT2D eigenvalue weighted by Gasteiger charge is -2.07. The van der Waals surface area contributed by atoms with Gasteiger partial charge in [-0.25, -0.2) is 9.78 Å². The number of ether oxygens (including phenoxy) is 1. The van der Waals surface area contributed by atoms with E-state index >= 15 is 0 Å². The minimum Gasteiger partial charge on any atom is -0.480 e. The van der Waals surface area contributed by atoms with Crippen LogP contribution in [0.25, 0.3) is 0 Å². The molecule has 1 aromatic rings. The van der Waals surface area contributed by atoms with Gasteiger partial charge >= 0.3 is 5.97 Å². The molecule has 80 valence electrons. The lowest BCUT2D eigenvalue weighted by molar-refractivity contribution is -0.142. The fourth-order valence-corrected chi connectivity index (χ4v) is 0.949. The van der Waals surface area contributed by atoms with Crippen molar-refractivity contribution in [2.45, 2.75) is 12.8 Å². The van der Waals surface area contributed by atoms with Crippen molar-refractivity contribution in [3.8, 4) is 0 Å². The predicted octanol–water partition coefficient (Wildman–Crippen LogP) is 1.04. The molecule has 0 spiro atoms. The van der Waals surface area contributed by atoms with Crippen LogP contribution < -0.4 is 0 Å². The number of H-pyrrole nitrogens is 1.